The molecule has 0 saturated heterocycles. The molecule has 0 radical (unpaired) electrons. The lowest BCUT2D eigenvalue weighted by Crippen LogP contribution is -2.39. The summed E-state index contributed by atoms with van der Waals surface area (Å²) in [5, 5.41) is 14.1. The number of benzene rings is 1. The van der Waals surface area contributed by atoms with Gasteiger partial charge >= 0.3 is 6.03 Å². The highest BCUT2D eigenvalue weighted by Crippen LogP contribution is 2.28. The Kier molecular flexibility index (Phi) is 7.40. The summed E-state index contributed by atoms with van der Waals surface area (Å²) >= 11 is 1.19. The number of carbonyl (C=O) groups excluding carboxylic acids is 2. The van der Waals surface area contributed by atoms with Gasteiger partial charge in [0.15, 0.2) is 11.0 Å². The molecule has 10 heteroatoms. The van der Waals surface area contributed by atoms with Crippen molar-refractivity contribution in [3.05, 3.63) is 78.1 Å². The second-order valence-electron chi connectivity index (χ2n) is 8.90. The van der Waals surface area contributed by atoms with Gasteiger partial charge in [0, 0.05) is 5.56 Å². The average Bonchev–Trinajstić information content (AvgIpc) is 3.59. The van der Waals surface area contributed by atoms with Gasteiger partial charge in [-0.3, -0.25) is 14.7 Å². The van der Waals surface area contributed by atoms with Gasteiger partial charge in [-0.2, -0.15) is 0 Å². The molecule has 0 aliphatic rings. The van der Waals surface area contributed by atoms with E-state index in [1.54, 1.807) is 18.4 Å². The number of hydrogen-bond acceptors (Lipinski definition) is 7. The molecule has 0 saturated carbocycles. The van der Waals surface area contributed by atoms with Crippen LogP contribution in [-0.4, -0.2) is 32.5 Å². The summed E-state index contributed by atoms with van der Waals surface area (Å²) in [5.41, 5.74) is 2.17. The van der Waals surface area contributed by atoms with Crippen LogP contribution in [0.5, 0.6) is 0 Å². The van der Waals surface area contributed by atoms with E-state index in [2.05, 4.69) is 53.7 Å². The van der Waals surface area contributed by atoms with E-state index >= 15 is 0 Å². The smallest absolute Gasteiger partial charge is 0.321 e. The Morgan fingerprint density at radius 3 is 2.29 bits per heavy atom. The molecule has 2 N–H and O–H groups in total. The van der Waals surface area contributed by atoms with E-state index in [1.165, 1.54) is 23.6 Å². The highest BCUT2D eigenvalue weighted by atomic mass is 32.2. The molecule has 0 spiro atoms. The fraction of sp³-hybridized carbons (Fsp3) is 0.280. The zero-order chi connectivity index (χ0) is 24.8. The number of urea groups is 1. The lowest BCUT2D eigenvalue weighted by atomic mass is 9.87. The fourth-order valence-electron chi connectivity index (χ4n) is 3.35. The van der Waals surface area contributed by atoms with Crippen LogP contribution in [0, 0.1) is 0 Å². The van der Waals surface area contributed by atoms with Crippen LogP contribution in [0.2, 0.25) is 0 Å². The monoisotopic (exact) mass is 493 g/mol. The van der Waals surface area contributed by atoms with Gasteiger partial charge in [-0.05, 0) is 35.2 Å². The summed E-state index contributed by atoms with van der Waals surface area (Å²) in [7, 11) is 0. The van der Waals surface area contributed by atoms with E-state index in [4.69, 9.17) is 8.83 Å². The lowest BCUT2D eigenvalue weighted by Gasteiger charge is -2.19. The summed E-state index contributed by atoms with van der Waals surface area (Å²) in [4.78, 5) is 24.3. The van der Waals surface area contributed by atoms with Crippen LogP contribution in [0.1, 0.15) is 37.9 Å². The number of aromatic nitrogens is 3. The number of amides is 3. The maximum atomic E-state index is 12.3. The van der Waals surface area contributed by atoms with Gasteiger partial charge in [-0.1, -0.05) is 56.8 Å². The predicted molar refractivity (Wildman–Crippen MR) is 132 cm³/mol. The number of furan rings is 2. The molecule has 3 aromatic heterocycles. The van der Waals surface area contributed by atoms with Gasteiger partial charge in [-0.15, -0.1) is 10.2 Å². The Morgan fingerprint density at radius 2 is 1.66 bits per heavy atom. The van der Waals surface area contributed by atoms with E-state index in [-0.39, 0.29) is 17.7 Å². The minimum Gasteiger partial charge on any atom is -0.467 e. The maximum Gasteiger partial charge on any atom is 0.321 e. The van der Waals surface area contributed by atoms with Crippen molar-refractivity contribution < 1.29 is 18.4 Å². The van der Waals surface area contributed by atoms with Crippen molar-refractivity contribution in [1.82, 2.24) is 25.4 Å². The number of nitrogens with zero attached hydrogens (tertiary/aromatic N) is 3. The highest BCUT2D eigenvalue weighted by molar-refractivity contribution is 7.99. The van der Waals surface area contributed by atoms with Crippen LogP contribution in [0.4, 0.5) is 4.79 Å². The second-order valence-corrected chi connectivity index (χ2v) is 9.84. The van der Waals surface area contributed by atoms with Crippen LogP contribution < -0.4 is 10.6 Å². The first-order valence-electron chi connectivity index (χ1n) is 11.1. The zero-order valence-electron chi connectivity index (χ0n) is 19.8. The van der Waals surface area contributed by atoms with Gasteiger partial charge < -0.3 is 14.2 Å². The first kappa shape index (κ1) is 24.3. The summed E-state index contributed by atoms with van der Waals surface area (Å²) in [6.45, 7) is 7.09. The normalized spacial score (nSPS) is 11.4. The minimum absolute atomic E-state index is 0.00653. The molecule has 0 fully saturated rings. The van der Waals surface area contributed by atoms with Crippen molar-refractivity contribution >= 4 is 23.7 Å². The molecular weight excluding hydrogens is 466 g/mol. The predicted octanol–water partition coefficient (Wildman–Crippen LogP) is 4.60. The molecule has 9 nitrogen and oxygen atoms in total. The lowest BCUT2D eigenvalue weighted by molar-refractivity contribution is -0.117. The number of imide groups is 1. The third kappa shape index (κ3) is 6.42. The standard InChI is InChI=1S/C25H27N5O4S/c1-25(2,3)18-10-8-17(9-11-18)22-28-29-24(30(22)15-20-7-5-13-34-20)35-16-21(31)27-23(32)26-14-19-6-4-12-33-19/h4-13H,14-16H2,1-3H3,(H2,26,27,31,32). The minimum atomic E-state index is -0.594. The topological polar surface area (TPSA) is 115 Å². The van der Waals surface area contributed by atoms with Gasteiger partial charge in [0.25, 0.3) is 0 Å². The summed E-state index contributed by atoms with van der Waals surface area (Å²) < 4.78 is 12.6. The van der Waals surface area contributed by atoms with Crippen molar-refractivity contribution in [2.75, 3.05) is 5.75 Å². The van der Waals surface area contributed by atoms with Crippen molar-refractivity contribution in [3.8, 4) is 11.4 Å². The Labute approximate surface area is 207 Å². The molecular formula is C25H27N5O4S. The number of carbonyl (C=O) groups is 2. The number of rotatable bonds is 8. The summed E-state index contributed by atoms with van der Waals surface area (Å²) in [6, 6.07) is 14.8. The molecule has 4 aromatic rings. The fourth-order valence-corrected chi connectivity index (χ4v) is 4.08. The maximum absolute atomic E-state index is 12.3. The first-order chi connectivity index (χ1) is 16.8. The molecule has 0 aliphatic carbocycles. The quantitative estimate of drug-likeness (QED) is 0.345. The summed E-state index contributed by atoms with van der Waals surface area (Å²) in [5.74, 6) is 1.54. The van der Waals surface area contributed by atoms with Gasteiger partial charge in [-0.25, -0.2) is 4.79 Å². The van der Waals surface area contributed by atoms with Crippen molar-refractivity contribution in [2.45, 2.75) is 44.4 Å². The van der Waals surface area contributed by atoms with Crippen LogP contribution in [0.25, 0.3) is 11.4 Å². The molecule has 3 amide bonds. The van der Waals surface area contributed by atoms with E-state index in [0.717, 1.165) is 11.3 Å². The molecule has 0 unspecified atom stereocenters. The van der Waals surface area contributed by atoms with E-state index in [0.29, 0.717) is 23.3 Å². The molecule has 0 atom stereocenters. The Balaban J connectivity index is 1.44. The van der Waals surface area contributed by atoms with Crippen molar-refractivity contribution in [1.29, 1.82) is 0 Å². The highest BCUT2D eigenvalue weighted by Gasteiger charge is 2.19. The largest absolute Gasteiger partial charge is 0.467 e. The molecule has 0 bridgehead atoms. The number of nitrogens with one attached hydrogen (secondary N) is 2. The van der Waals surface area contributed by atoms with Crippen molar-refractivity contribution in [2.24, 2.45) is 0 Å². The van der Waals surface area contributed by atoms with Crippen LogP contribution in [-0.2, 0) is 23.3 Å². The Bertz CT molecular complexity index is 1260. The molecule has 0 aliphatic heterocycles. The second kappa shape index (κ2) is 10.6. The molecule has 3 heterocycles. The Morgan fingerprint density at radius 1 is 0.971 bits per heavy atom. The molecule has 4 rings (SSSR count). The average molecular weight is 494 g/mol. The summed E-state index contributed by atoms with van der Waals surface area (Å²) in [6.07, 6.45) is 3.13. The van der Waals surface area contributed by atoms with Crippen LogP contribution in [0.3, 0.4) is 0 Å². The Hall–Kier alpha value is -3.79. The van der Waals surface area contributed by atoms with Crippen LogP contribution in [0.15, 0.2) is 75.0 Å². The molecule has 35 heavy (non-hydrogen) atoms. The van der Waals surface area contributed by atoms with E-state index in [9.17, 15) is 9.59 Å². The molecule has 1 aromatic carbocycles. The number of thioether (sulfide) groups is 1. The third-order valence-corrected chi connectivity index (χ3v) is 6.18. The van der Waals surface area contributed by atoms with E-state index in [1.807, 2.05) is 28.8 Å². The zero-order valence-corrected chi connectivity index (χ0v) is 20.6. The van der Waals surface area contributed by atoms with Gasteiger partial charge in [0.2, 0.25) is 5.91 Å². The van der Waals surface area contributed by atoms with Crippen molar-refractivity contribution in [3.63, 3.8) is 0 Å². The van der Waals surface area contributed by atoms with Gasteiger partial charge in [0.1, 0.15) is 11.5 Å². The number of hydrogen-bond donors (Lipinski definition) is 2. The third-order valence-electron chi connectivity index (χ3n) is 5.21. The van der Waals surface area contributed by atoms with Crippen LogP contribution >= 0.6 is 11.8 Å². The SMILES string of the molecule is CC(C)(C)c1ccc(-c2nnc(SCC(=O)NC(=O)NCc3ccco3)n2Cc2ccco2)cc1. The van der Waals surface area contributed by atoms with Gasteiger partial charge in [0.05, 0.1) is 31.4 Å². The van der Waals surface area contributed by atoms with E-state index < -0.39 is 11.9 Å². The first-order valence-corrected chi connectivity index (χ1v) is 12.1. The molecule has 182 valence electrons.